The molecule has 106 valence electrons. The van der Waals surface area contributed by atoms with Gasteiger partial charge in [0.15, 0.2) is 0 Å². The molecule has 1 fully saturated rings. The average Bonchev–Trinajstić information content (AvgIpc) is 2.38. The van der Waals surface area contributed by atoms with Gasteiger partial charge in [0.25, 0.3) is 0 Å². The van der Waals surface area contributed by atoms with E-state index in [2.05, 4.69) is 9.97 Å². The van der Waals surface area contributed by atoms with E-state index in [0.717, 1.165) is 37.9 Å². The van der Waals surface area contributed by atoms with Crippen molar-refractivity contribution in [2.45, 2.75) is 43.9 Å². The summed E-state index contributed by atoms with van der Waals surface area (Å²) < 4.78 is 37.8. The molecule has 0 radical (unpaired) electrons. The lowest BCUT2D eigenvalue weighted by atomic mass is 9.91. The van der Waals surface area contributed by atoms with Crippen LogP contribution in [0.5, 0.6) is 0 Å². The fourth-order valence-electron chi connectivity index (χ4n) is 2.33. The zero-order chi connectivity index (χ0) is 14.0. The monoisotopic (exact) mass is 274 g/mol. The molecule has 0 unspecified atom stereocenters. The maximum atomic E-state index is 12.6. The SMILES string of the molecule is CN(c1nccc(C(F)(F)F)n1)C1CCC(N)CC1. The van der Waals surface area contributed by atoms with Crippen molar-refractivity contribution in [2.75, 3.05) is 11.9 Å². The Morgan fingerprint density at radius 2 is 1.89 bits per heavy atom. The number of alkyl halides is 3. The van der Waals surface area contributed by atoms with Crippen molar-refractivity contribution in [1.29, 1.82) is 0 Å². The van der Waals surface area contributed by atoms with Crippen LogP contribution in [0, 0.1) is 0 Å². The second kappa shape index (κ2) is 5.32. The van der Waals surface area contributed by atoms with E-state index in [4.69, 9.17) is 5.73 Å². The Kier molecular flexibility index (Phi) is 3.93. The normalized spacial score (nSPS) is 24.3. The van der Waals surface area contributed by atoms with Gasteiger partial charge < -0.3 is 10.6 Å². The van der Waals surface area contributed by atoms with Crippen molar-refractivity contribution < 1.29 is 13.2 Å². The van der Waals surface area contributed by atoms with Gasteiger partial charge in [0.05, 0.1) is 0 Å². The van der Waals surface area contributed by atoms with E-state index in [9.17, 15) is 13.2 Å². The van der Waals surface area contributed by atoms with E-state index in [1.54, 1.807) is 11.9 Å². The van der Waals surface area contributed by atoms with Crippen LogP contribution >= 0.6 is 0 Å². The van der Waals surface area contributed by atoms with Gasteiger partial charge in [-0.05, 0) is 31.7 Å². The molecule has 0 atom stereocenters. The number of rotatable bonds is 2. The summed E-state index contributed by atoms with van der Waals surface area (Å²) in [5.74, 6) is 0.121. The van der Waals surface area contributed by atoms with Crippen LogP contribution in [0.4, 0.5) is 19.1 Å². The molecule has 2 rings (SSSR count). The average molecular weight is 274 g/mol. The number of halogens is 3. The number of aromatic nitrogens is 2. The second-order valence-electron chi connectivity index (χ2n) is 4.92. The Morgan fingerprint density at radius 1 is 1.26 bits per heavy atom. The molecule has 7 heteroatoms. The van der Waals surface area contributed by atoms with Crippen LogP contribution in [-0.2, 0) is 6.18 Å². The summed E-state index contributed by atoms with van der Waals surface area (Å²) in [4.78, 5) is 9.25. The molecule has 0 saturated heterocycles. The molecule has 2 N–H and O–H groups in total. The molecule has 0 aromatic carbocycles. The highest BCUT2D eigenvalue weighted by Crippen LogP contribution is 2.29. The molecule has 4 nitrogen and oxygen atoms in total. The summed E-state index contributed by atoms with van der Waals surface area (Å²) in [5.41, 5.74) is 4.91. The highest BCUT2D eigenvalue weighted by Gasteiger charge is 2.33. The number of nitrogens with zero attached hydrogens (tertiary/aromatic N) is 3. The molecule has 1 aliphatic carbocycles. The van der Waals surface area contributed by atoms with E-state index in [-0.39, 0.29) is 18.0 Å². The molecular formula is C12H17F3N4. The van der Waals surface area contributed by atoms with E-state index < -0.39 is 11.9 Å². The highest BCUT2D eigenvalue weighted by molar-refractivity contribution is 5.31. The van der Waals surface area contributed by atoms with Crippen LogP contribution in [-0.4, -0.2) is 29.1 Å². The highest BCUT2D eigenvalue weighted by atomic mass is 19.4. The Balaban J connectivity index is 2.13. The molecule has 1 aromatic heterocycles. The van der Waals surface area contributed by atoms with Crippen LogP contribution < -0.4 is 10.6 Å². The standard InChI is InChI=1S/C12H17F3N4/c1-19(9-4-2-8(16)3-5-9)11-17-7-6-10(18-11)12(13,14)15/h6-9H,2-5,16H2,1H3. The first-order valence-electron chi connectivity index (χ1n) is 6.26. The van der Waals surface area contributed by atoms with Crippen LogP contribution in [0.15, 0.2) is 12.3 Å². The molecule has 0 bridgehead atoms. The van der Waals surface area contributed by atoms with Crippen molar-refractivity contribution in [1.82, 2.24) is 9.97 Å². The molecule has 1 aliphatic rings. The lowest BCUT2D eigenvalue weighted by Gasteiger charge is -2.33. The number of nitrogens with two attached hydrogens (primary N) is 1. The fraction of sp³-hybridized carbons (Fsp3) is 0.667. The van der Waals surface area contributed by atoms with Crippen LogP contribution in [0.25, 0.3) is 0 Å². The summed E-state index contributed by atoms with van der Waals surface area (Å²) >= 11 is 0. The Morgan fingerprint density at radius 3 is 2.47 bits per heavy atom. The van der Waals surface area contributed by atoms with Crippen molar-refractivity contribution in [3.05, 3.63) is 18.0 Å². The minimum absolute atomic E-state index is 0.121. The minimum atomic E-state index is -4.44. The lowest BCUT2D eigenvalue weighted by molar-refractivity contribution is -0.141. The van der Waals surface area contributed by atoms with Crippen LogP contribution in [0.1, 0.15) is 31.4 Å². The smallest absolute Gasteiger partial charge is 0.341 e. The predicted octanol–water partition coefficient (Wildman–Crippen LogP) is 2.20. The predicted molar refractivity (Wildman–Crippen MR) is 65.7 cm³/mol. The number of hydrogen-bond acceptors (Lipinski definition) is 4. The molecule has 19 heavy (non-hydrogen) atoms. The van der Waals surface area contributed by atoms with Crippen LogP contribution in [0.2, 0.25) is 0 Å². The summed E-state index contributed by atoms with van der Waals surface area (Å²) in [6.07, 6.45) is 0.195. The first-order valence-corrected chi connectivity index (χ1v) is 6.26. The molecule has 0 aliphatic heterocycles. The van der Waals surface area contributed by atoms with Gasteiger partial charge in [0.2, 0.25) is 5.95 Å². The van der Waals surface area contributed by atoms with Gasteiger partial charge >= 0.3 is 6.18 Å². The summed E-state index contributed by atoms with van der Waals surface area (Å²) in [7, 11) is 1.73. The maximum Gasteiger partial charge on any atom is 0.433 e. The topological polar surface area (TPSA) is 55.0 Å². The zero-order valence-corrected chi connectivity index (χ0v) is 10.7. The largest absolute Gasteiger partial charge is 0.433 e. The third kappa shape index (κ3) is 3.34. The Bertz CT molecular complexity index is 427. The van der Waals surface area contributed by atoms with Gasteiger partial charge in [-0.2, -0.15) is 13.2 Å². The van der Waals surface area contributed by atoms with Gasteiger partial charge in [0.1, 0.15) is 5.69 Å². The third-order valence-corrected chi connectivity index (χ3v) is 3.54. The minimum Gasteiger partial charge on any atom is -0.341 e. The molecule has 1 heterocycles. The van der Waals surface area contributed by atoms with Crippen molar-refractivity contribution in [3.8, 4) is 0 Å². The van der Waals surface area contributed by atoms with Gasteiger partial charge in [-0.3, -0.25) is 0 Å². The molecule has 0 spiro atoms. The van der Waals surface area contributed by atoms with Gasteiger partial charge in [-0.15, -0.1) is 0 Å². The molecule has 0 amide bonds. The van der Waals surface area contributed by atoms with Gasteiger partial charge in [0, 0.05) is 25.3 Å². The summed E-state index contributed by atoms with van der Waals surface area (Å²) in [6.45, 7) is 0. The van der Waals surface area contributed by atoms with Gasteiger partial charge in [-0.25, -0.2) is 9.97 Å². The van der Waals surface area contributed by atoms with Crippen molar-refractivity contribution >= 4 is 5.95 Å². The summed E-state index contributed by atoms with van der Waals surface area (Å²) in [6, 6.07) is 1.24. The third-order valence-electron chi connectivity index (χ3n) is 3.54. The second-order valence-corrected chi connectivity index (χ2v) is 4.92. The molecular weight excluding hydrogens is 257 g/mol. The lowest BCUT2D eigenvalue weighted by Crippen LogP contribution is -2.39. The molecule has 1 saturated carbocycles. The van der Waals surface area contributed by atoms with Crippen LogP contribution in [0.3, 0.4) is 0 Å². The fourth-order valence-corrected chi connectivity index (χ4v) is 2.33. The van der Waals surface area contributed by atoms with Crippen molar-refractivity contribution in [2.24, 2.45) is 5.73 Å². The first-order chi connectivity index (χ1) is 8.88. The van der Waals surface area contributed by atoms with E-state index in [1.807, 2.05) is 0 Å². The quantitative estimate of drug-likeness (QED) is 0.898. The number of hydrogen-bond donors (Lipinski definition) is 1. The van der Waals surface area contributed by atoms with Crippen molar-refractivity contribution in [3.63, 3.8) is 0 Å². The first kappa shape index (κ1) is 14.0. The van der Waals surface area contributed by atoms with E-state index in [0.29, 0.717) is 0 Å². The number of anilines is 1. The Labute approximate surface area is 109 Å². The Hall–Kier alpha value is -1.37. The zero-order valence-electron chi connectivity index (χ0n) is 10.7. The maximum absolute atomic E-state index is 12.6. The molecule has 1 aromatic rings. The van der Waals surface area contributed by atoms with E-state index in [1.165, 1.54) is 0 Å². The van der Waals surface area contributed by atoms with Gasteiger partial charge in [-0.1, -0.05) is 0 Å². The summed E-state index contributed by atoms with van der Waals surface area (Å²) in [5, 5.41) is 0. The van der Waals surface area contributed by atoms with E-state index >= 15 is 0 Å².